The van der Waals surface area contributed by atoms with E-state index in [1.54, 1.807) is 24.3 Å². The maximum Gasteiger partial charge on any atom is 0.337 e. The molecule has 21 heavy (non-hydrogen) atoms. The molecule has 0 aliphatic rings. The molecule has 0 spiro atoms. The zero-order valence-electron chi connectivity index (χ0n) is 11.3. The Morgan fingerprint density at radius 3 is 2.24 bits per heavy atom. The summed E-state index contributed by atoms with van der Waals surface area (Å²) in [5, 5.41) is 18.3. The lowest BCUT2D eigenvalue weighted by atomic mass is 10.0. The van der Waals surface area contributed by atoms with Gasteiger partial charge in [0.05, 0.1) is 0 Å². The Kier molecular flexibility index (Phi) is 4.77. The van der Waals surface area contributed by atoms with Crippen molar-refractivity contribution in [1.29, 1.82) is 0 Å². The van der Waals surface area contributed by atoms with Crippen molar-refractivity contribution >= 4 is 22.8 Å². The number of aliphatic hydroxyl groups is 1. The third kappa shape index (κ3) is 3.71. The molecule has 0 radical (unpaired) electrons. The first-order valence-electron chi connectivity index (χ1n) is 6.27. The van der Waals surface area contributed by atoms with Crippen LogP contribution >= 0.6 is 11.8 Å². The Labute approximate surface area is 126 Å². The van der Waals surface area contributed by atoms with E-state index in [0.29, 0.717) is 5.56 Å². The SMILES string of the molecule is CC(=O)Sc1ccccc1-c1ccc(C(O)C(=O)O)cc1. The molecule has 0 aliphatic heterocycles. The first-order valence-corrected chi connectivity index (χ1v) is 7.09. The van der Waals surface area contributed by atoms with Gasteiger partial charge in [0.1, 0.15) is 0 Å². The number of hydrogen-bond acceptors (Lipinski definition) is 4. The monoisotopic (exact) mass is 302 g/mol. The molecule has 0 bridgehead atoms. The van der Waals surface area contributed by atoms with Gasteiger partial charge in [0.25, 0.3) is 0 Å². The van der Waals surface area contributed by atoms with E-state index in [0.717, 1.165) is 27.8 Å². The predicted molar refractivity (Wildman–Crippen MR) is 81.0 cm³/mol. The number of carboxylic acids is 1. The van der Waals surface area contributed by atoms with Crippen LogP contribution in [0, 0.1) is 0 Å². The molecule has 0 saturated heterocycles. The third-order valence-electron chi connectivity index (χ3n) is 2.91. The fourth-order valence-electron chi connectivity index (χ4n) is 1.94. The summed E-state index contributed by atoms with van der Waals surface area (Å²) in [6.07, 6.45) is -1.53. The molecule has 2 rings (SSSR count). The fourth-order valence-corrected chi connectivity index (χ4v) is 2.69. The third-order valence-corrected chi connectivity index (χ3v) is 3.78. The molecule has 0 heterocycles. The second-order valence-corrected chi connectivity index (χ2v) is 5.67. The molecule has 0 saturated carbocycles. The summed E-state index contributed by atoms with van der Waals surface area (Å²) in [6.45, 7) is 1.51. The van der Waals surface area contributed by atoms with Gasteiger partial charge in [0.15, 0.2) is 11.2 Å². The Bertz CT molecular complexity index is 664. The van der Waals surface area contributed by atoms with Crippen molar-refractivity contribution in [1.82, 2.24) is 0 Å². The maximum atomic E-state index is 11.3. The van der Waals surface area contributed by atoms with Gasteiger partial charge in [-0.05, 0) is 22.8 Å². The molecular formula is C16H14O4S. The molecule has 0 aliphatic carbocycles. The number of carbonyl (C=O) groups excluding carboxylic acids is 1. The van der Waals surface area contributed by atoms with Gasteiger partial charge in [-0.1, -0.05) is 54.2 Å². The standard InChI is InChI=1S/C16H14O4S/c1-10(17)21-14-5-3-2-4-13(14)11-6-8-12(9-7-11)15(18)16(19)20/h2-9,15,18H,1H3,(H,19,20). The van der Waals surface area contributed by atoms with Gasteiger partial charge in [-0.15, -0.1) is 0 Å². The Hall–Kier alpha value is -2.11. The molecule has 2 aromatic rings. The fraction of sp³-hybridized carbons (Fsp3) is 0.125. The van der Waals surface area contributed by atoms with Crippen LogP contribution in [0.2, 0.25) is 0 Å². The lowest BCUT2D eigenvalue weighted by molar-refractivity contribution is -0.146. The van der Waals surface area contributed by atoms with E-state index in [1.807, 2.05) is 24.3 Å². The van der Waals surface area contributed by atoms with E-state index >= 15 is 0 Å². The van der Waals surface area contributed by atoms with Crippen molar-refractivity contribution in [2.45, 2.75) is 17.9 Å². The molecule has 0 amide bonds. The van der Waals surface area contributed by atoms with Crippen LogP contribution in [0.1, 0.15) is 18.6 Å². The number of thioether (sulfide) groups is 1. The van der Waals surface area contributed by atoms with Crippen molar-refractivity contribution in [3.05, 3.63) is 54.1 Å². The van der Waals surface area contributed by atoms with Crippen LogP contribution in [0.4, 0.5) is 0 Å². The normalized spacial score (nSPS) is 11.9. The highest BCUT2D eigenvalue weighted by Gasteiger charge is 2.16. The van der Waals surface area contributed by atoms with E-state index in [2.05, 4.69) is 0 Å². The van der Waals surface area contributed by atoms with E-state index < -0.39 is 12.1 Å². The first-order chi connectivity index (χ1) is 9.99. The van der Waals surface area contributed by atoms with Crippen LogP contribution < -0.4 is 0 Å². The smallest absolute Gasteiger partial charge is 0.337 e. The van der Waals surface area contributed by atoms with E-state index in [9.17, 15) is 14.7 Å². The zero-order chi connectivity index (χ0) is 15.4. The van der Waals surface area contributed by atoms with Crippen molar-refractivity contribution < 1.29 is 19.8 Å². The number of carbonyl (C=O) groups is 2. The molecule has 4 nitrogen and oxygen atoms in total. The molecular weight excluding hydrogens is 288 g/mol. The lowest BCUT2D eigenvalue weighted by Gasteiger charge is -2.10. The number of rotatable bonds is 4. The van der Waals surface area contributed by atoms with Gasteiger partial charge < -0.3 is 10.2 Å². The Balaban J connectivity index is 2.35. The topological polar surface area (TPSA) is 74.6 Å². The highest BCUT2D eigenvalue weighted by molar-refractivity contribution is 8.13. The summed E-state index contributed by atoms with van der Waals surface area (Å²) in [7, 11) is 0. The molecule has 108 valence electrons. The van der Waals surface area contributed by atoms with Gasteiger partial charge in [-0.25, -0.2) is 4.79 Å². The second kappa shape index (κ2) is 6.56. The predicted octanol–water partition coefficient (Wildman–Crippen LogP) is 3.11. The number of benzene rings is 2. The van der Waals surface area contributed by atoms with E-state index in [1.165, 1.54) is 6.92 Å². The average molecular weight is 302 g/mol. The highest BCUT2D eigenvalue weighted by atomic mass is 32.2. The van der Waals surface area contributed by atoms with Crippen molar-refractivity contribution in [3.8, 4) is 11.1 Å². The van der Waals surface area contributed by atoms with Crippen molar-refractivity contribution in [3.63, 3.8) is 0 Å². The van der Waals surface area contributed by atoms with E-state index in [4.69, 9.17) is 5.11 Å². The first kappa shape index (κ1) is 15.3. The molecule has 5 heteroatoms. The summed E-state index contributed by atoms with van der Waals surface area (Å²) in [6, 6.07) is 14.1. The van der Waals surface area contributed by atoms with Crippen LogP contribution in [-0.4, -0.2) is 21.3 Å². The van der Waals surface area contributed by atoms with Crippen LogP contribution in [-0.2, 0) is 9.59 Å². The number of carboxylic acid groups (broad SMARTS) is 1. The Morgan fingerprint density at radius 1 is 1.05 bits per heavy atom. The molecule has 1 atom stereocenters. The zero-order valence-corrected chi connectivity index (χ0v) is 12.1. The molecule has 0 fully saturated rings. The number of hydrogen-bond donors (Lipinski definition) is 2. The minimum absolute atomic E-state index is 0.000342. The summed E-state index contributed by atoms with van der Waals surface area (Å²) >= 11 is 1.15. The van der Waals surface area contributed by atoms with Crippen LogP contribution in [0.25, 0.3) is 11.1 Å². The molecule has 2 aromatic carbocycles. The molecule has 0 aromatic heterocycles. The van der Waals surface area contributed by atoms with Crippen molar-refractivity contribution in [2.75, 3.05) is 0 Å². The minimum Gasteiger partial charge on any atom is -0.479 e. The molecule has 2 N–H and O–H groups in total. The van der Waals surface area contributed by atoms with Gasteiger partial charge >= 0.3 is 5.97 Å². The number of aliphatic carboxylic acids is 1. The minimum atomic E-state index is -1.53. The molecule has 1 unspecified atom stereocenters. The number of aliphatic hydroxyl groups excluding tert-OH is 1. The summed E-state index contributed by atoms with van der Waals surface area (Å²) in [4.78, 5) is 22.9. The van der Waals surface area contributed by atoms with Gasteiger partial charge in [0.2, 0.25) is 0 Å². The summed E-state index contributed by atoms with van der Waals surface area (Å²) in [5.41, 5.74) is 2.08. The van der Waals surface area contributed by atoms with Crippen LogP contribution in [0.3, 0.4) is 0 Å². The van der Waals surface area contributed by atoms with Gasteiger partial charge in [0, 0.05) is 11.8 Å². The van der Waals surface area contributed by atoms with Crippen LogP contribution in [0.5, 0.6) is 0 Å². The average Bonchev–Trinajstić information content (AvgIpc) is 2.46. The summed E-state index contributed by atoms with van der Waals surface area (Å²) in [5.74, 6) is -1.28. The Morgan fingerprint density at radius 2 is 1.67 bits per heavy atom. The highest BCUT2D eigenvalue weighted by Crippen LogP contribution is 2.32. The maximum absolute atomic E-state index is 11.3. The van der Waals surface area contributed by atoms with Gasteiger partial charge in [-0.3, -0.25) is 4.79 Å². The van der Waals surface area contributed by atoms with Crippen LogP contribution in [0.15, 0.2) is 53.4 Å². The summed E-state index contributed by atoms with van der Waals surface area (Å²) < 4.78 is 0. The van der Waals surface area contributed by atoms with Gasteiger partial charge in [-0.2, -0.15) is 0 Å². The second-order valence-electron chi connectivity index (χ2n) is 4.45. The largest absolute Gasteiger partial charge is 0.479 e. The van der Waals surface area contributed by atoms with E-state index in [-0.39, 0.29) is 5.12 Å². The van der Waals surface area contributed by atoms with Crippen molar-refractivity contribution in [2.24, 2.45) is 0 Å². The lowest BCUT2D eigenvalue weighted by Crippen LogP contribution is -2.10. The quantitative estimate of drug-likeness (QED) is 0.849.